The zero-order chi connectivity index (χ0) is 19.3. The Morgan fingerprint density at radius 3 is 2.57 bits per heavy atom. The molecule has 3 aromatic rings. The predicted molar refractivity (Wildman–Crippen MR) is 110 cm³/mol. The highest BCUT2D eigenvalue weighted by Gasteiger charge is 2.12. The number of amides is 1. The van der Waals surface area contributed by atoms with E-state index in [9.17, 15) is 4.79 Å². The molecule has 2 N–H and O–H groups in total. The van der Waals surface area contributed by atoms with Crippen molar-refractivity contribution in [2.45, 2.75) is 12.8 Å². The van der Waals surface area contributed by atoms with Gasteiger partial charge >= 0.3 is 0 Å². The second-order valence-electron chi connectivity index (χ2n) is 7.01. The highest BCUT2D eigenvalue weighted by Crippen LogP contribution is 2.22. The summed E-state index contributed by atoms with van der Waals surface area (Å²) < 4.78 is 11.0. The van der Waals surface area contributed by atoms with Crippen LogP contribution < -0.4 is 14.8 Å². The summed E-state index contributed by atoms with van der Waals surface area (Å²) in [4.78, 5) is 18.1. The van der Waals surface area contributed by atoms with Crippen LogP contribution in [0, 0.1) is 0 Å². The van der Waals surface area contributed by atoms with Gasteiger partial charge < -0.3 is 19.8 Å². The first-order valence-electron chi connectivity index (χ1n) is 9.64. The van der Waals surface area contributed by atoms with Crippen LogP contribution in [0.15, 0.2) is 48.5 Å². The number of fused-ring (bicyclic) bond motifs is 1. The summed E-state index contributed by atoms with van der Waals surface area (Å²) in [7, 11) is 1.62. The number of nitrogens with one attached hydrogen (secondary N) is 2. The van der Waals surface area contributed by atoms with Crippen molar-refractivity contribution in [1.29, 1.82) is 0 Å². The molecule has 1 saturated heterocycles. The highest BCUT2D eigenvalue weighted by atomic mass is 16.5. The minimum absolute atomic E-state index is 0.183. The molecule has 1 aromatic heterocycles. The van der Waals surface area contributed by atoms with E-state index >= 15 is 0 Å². The molecule has 2 heterocycles. The van der Waals surface area contributed by atoms with E-state index in [4.69, 9.17) is 9.47 Å². The quantitative estimate of drug-likeness (QED) is 0.653. The standard InChI is InChI=1S/C22H25N3O3/c1-27-19-7-4-16-14-21(24-20(16)15-19)22(26)23-17-5-8-18(9-6-17)28-13-12-25-10-2-3-11-25/h4-9,14-15,24H,2-3,10-13H2,1H3,(H,23,26). The summed E-state index contributed by atoms with van der Waals surface area (Å²) in [6.07, 6.45) is 2.58. The van der Waals surface area contributed by atoms with E-state index in [1.54, 1.807) is 7.11 Å². The fraction of sp³-hybridized carbons (Fsp3) is 0.318. The Hall–Kier alpha value is -2.99. The van der Waals surface area contributed by atoms with E-state index in [0.29, 0.717) is 12.3 Å². The number of H-pyrrole nitrogens is 1. The van der Waals surface area contributed by atoms with Crippen LogP contribution in [0.3, 0.4) is 0 Å². The van der Waals surface area contributed by atoms with Gasteiger partial charge in [-0.05, 0) is 68.4 Å². The molecular weight excluding hydrogens is 354 g/mol. The van der Waals surface area contributed by atoms with E-state index < -0.39 is 0 Å². The van der Waals surface area contributed by atoms with E-state index in [-0.39, 0.29) is 5.91 Å². The number of hydrogen-bond donors (Lipinski definition) is 2. The molecule has 1 amide bonds. The minimum Gasteiger partial charge on any atom is -0.497 e. The largest absolute Gasteiger partial charge is 0.497 e. The lowest BCUT2D eigenvalue weighted by Gasteiger charge is -2.15. The van der Waals surface area contributed by atoms with Gasteiger partial charge in [0, 0.05) is 29.2 Å². The van der Waals surface area contributed by atoms with Gasteiger partial charge in [-0.25, -0.2) is 0 Å². The van der Waals surface area contributed by atoms with Crippen molar-refractivity contribution >= 4 is 22.5 Å². The third-order valence-corrected chi connectivity index (χ3v) is 5.06. The van der Waals surface area contributed by atoms with Gasteiger partial charge in [-0.15, -0.1) is 0 Å². The maximum absolute atomic E-state index is 12.5. The van der Waals surface area contributed by atoms with Crippen LogP contribution in [0.1, 0.15) is 23.3 Å². The molecule has 0 radical (unpaired) electrons. The average Bonchev–Trinajstić information content (AvgIpc) is 3.38. The molecule has 0 spiro atoms. The highest BCUT2D eigenvalue weighted by molar-refractivity contribution is 6.06. The number of nitrogens with zero attached hydrogens (tertiary/aromatic N) is 1. The van der Waals surface area contributed by atoms with Gasteiger partial charge in [-0.3, -0.25) is 9.69 Å². The number of aromatic nitrogens is 1. The van der Waals surface area contributed by atoms with Crippen LogP contribution in [0.25, 0.3) is 10.9 Å². The Morgan fingerprint density at radius 2 is 1.82 bits per heavy atom. The maximum Gasteiger partial charge on any atom is 0.272 e. The van der Waals surface area contributed by atoms with Gasteiger partial charge in [0.05, 0.1) is 7.11 Å². The summed E-state index contributed by atoms with van der Waals surface area (Å²) >= 11 is 0. The summed E-state index contributed by atoms with van der Waals surface area (Å²) in [6.45, 7) is 4.00. The number of methoxy groups -OCH3 is 1. The molecule has 1 aliphatic heterocycles. The number of carbonyl (C=O) groups excluding carboxylic acids is 1. The van der Waals surface area contributed by atoms with Crippen LogP contribution in [0.2, 0.25) is 0 Å². The smallest absolute Gasteiger partial charge is 0.272 e. The third-order valence-electron chi connectivity index (χ3n) is 5.06. The molecule has 1 aliphatic rings. The third kappa shape index (κ3) is 4.28. The van der Waals surface area contributed by atoms with Crippen LogP contribution in [-0.2, 0) is 0 Å². The number of aromatic amines is 1. The number of hydrogen-bond acceptors (Lipinski definition) is 4. The Bertz CT molecular complexity index is 943. The first-order valence-corrected chi connectivity index (χ1v) is 9.64. The predicted octanol–water partition coefficient (Wildman–Crippen LogP) is 3.90. The molecule has 6 nitrogen and oxygen atoms in total. The number of benzene rings is 2. The molecule has 146 valence electrons. The van der Waals surface area contributed by atoms with E-state index in [0.717, 1.165) is 34.6 Å². The first-order chi connectivity index (χ1) is 13.7. The van der Waals surface area contributed by atoms with Crippen molar-refractivity contribution < 1.29 is 14.3 Å². The number of rotatable bonds is 7. The molecule has 2 aromatic carbocycles. The molecule has 4 rings (SSSR count). The second kappa shape index (κ2) is 8.35. The Labute approximate surface area is 164 Å². The number of likely N-dealkylation sites (tertiary alicyclic amines) is 1. The van der Waals surface area contributed by atoms with Crippen molar-refractivity contribution in [3.63, 3.8) is 0 Å². The van der Waals surface area contributed by atoms with Crippen molar-refractivity contribution in [2.24, 2.45) is 0 Å². The van der Waals surface area contributed by atoms with Crippen LogP contribution in [0.4, 0.5) is 5.69 Å². The molecule has 6 heteroatoms. The number of carbonyl (C=O) groups is 1. The molecule has 0 saturated carbocycles. The van der Waals surface area contributed by atoms with E-state index in [1.165, 1.54) is 25.9 Å². The summed E-state index contributed by atoms with van der Waals surface area (Å²) in [6, 6.07) is 15.0. The Morgan fingerprint density at radius 1 is 1.07 bits per heavy atom. The van der Waals surface area contributed by atoms with Crippen LogP contribution in [0.5, 0.6) is 11.5 Å². The Balaban J connectivity index is 1.33. The van der Waals surface area contributed by atoms with Crippen molar-refractivity contribution in [1.82, 2.24) is 9.88 Å². The first kappa shape index (κ1) is 18.4. The van der Waals surface area contributed by atoms with Crippen LogP contribution >= 0.6 is 0 Å². The molecular formula is C22H25N3O3. The molecule has 0 unspecified atom stereocenters. The topological polar surface area (TPSA) is 66.6 Å². The minimum atomic E-state index is -0.183. The fourth-order valence-corrected chi connectivity index (χ4v) is 3.49. The SMILES string of the molecule is COc1ccc2cc(C(=O)Nc3ccc(OCCN4CCCC4)cc3)[nH]c2c1. The second-order valence-corrected chi connectivity index (χ2v) is 7.01. The van der Waals surface area contributed by atoms with Gasteiger partial charge in [0.1, 0.15) is 23.8 Å². The average molecular weight is 379 g/mol. The zero-order valence-electron chi connectivity index (χ0n) is 16.0. The lowest BCUT2D eigenvalue weighted by molar-refractivity contribution is 0.102. The summed E-state index contributed by atoms with van der Waals surface area (Å²) in [5.41, 5.74) is 2.11. The number of ether oxygens (including phenoxy) is 2. The monoisotopic (exact) mass is 379 g/mol. The number of anilines is 1. The van der Waals surface area contributed by atoms with Gasteiger partial charge in [0.25, 0.3) is 5.91 Å². The van der Waals surface area contributed by atoms with E-state index in [2.05, 4.69) is 15.2 Å². The normalized spacial score (nSPS) is 14.3. The molecule has 1 fully saturated rings. The summed E-state index contributed by atoms with van der Waals surface area (Å²) in [5, 5.41) is 3.88. The molecule has 0 atom stereocenters. The van der Waals surface area contributed by atoms with Gasteiger partial charge in [-0.2, -0.15) is 0 Å². The van der Waals surface area contributed by atoms with Crippen molar-refractivity contribution in [3.05, 3.63) is 54.2 Å². The Kier molecular flexibility index (Phi) is 5.48. The van der Waals surface area contributed by atoms with E-state index in [1.807, 2.05) is 48.5 Å². The van der Waals surface area contributed by atoms with Crippen molar-refractivity contribution in [3.8, 4) is 11.5 Å². The molecule has 0 aliphatic carbocycles. The molecule has 0 bridgehead atoms. The fourth-order valence-electron chi connectivity index (χ4n) is 3.49. The zero-order valence-corrected chi connectivity index (χ0v) is 16.0. The molecule has 28 heavy (non-hydrogen) atoms. The maximum atomic E-state index is 12.5. The van der Waals surface area contributed by atoms with Gasteiger partial charge in [-0.1, -0.05) is 0 Å². The van der Waals surface area contributed by atoms with Crippen molar-refractivity contribution in [2.75, 3.05) is 38.7 Å². The van der Waals surface area contributed by atoms with Gasteiger partial charge in [0.2, 0.25) is 0 Å². The lowest BCUT2D eigenvalue weighted by atomic mass is 10.2. The van der Waals surface area contributed by atoms with Gasteiger partial charge in [0.15, 0.2) is 0 Å². The summed E-state index contributed by atoms with van der Waals surface area (Å²) in [5.74, 6) is 1.38. The lowest BCUT2D eigenvalue weighted by Crippen LogP contribution is -2.25. The van der Waals surface area contributed by atoms with Crippen LogP contribution in [-0.4, -0.2) is 49.1 Å².